The van der Waals surface area contributed by atoms with Crippen molar-refractivity contribution in [3.05, 3.63) is 0 Å². The Hall–Kier alpha value is 0.0569. The first-order valence-corrected chi connectivity index (χ1v) is 5.43. The molecule has 0 aromatic rings. The van der Waals surface area contributed by atoms with Gasteiger partial charge in [-0.25, -0.2) is 0 Å². The number of hydrogen-bond donors (Lipinski definition) is 1. The topological polar surface area (TPSA) is 53.7 Å². The lowest BCUT2D eigenvalue weighted by molar-refractivity contribution is 0.125. The first-order chi connectivity index (χ1) is 5.18. The molecular weight excluding hydrogens is 162 g/mol. The molecule has 5 heteroatoms. The van der Waals surface area contributed by atoms with E-state index < -0.39 is 8.97 Å². The van der Waals surface area contributed by atoms with E-state index in [1.165, 1.54) is 40.6 Å². The Balaban J connectivity index is 0.000000271. The van der Waals surface area contributed by atoms with Crippen LogP contribution >= 0.6 is 0 Å². The highest BCUT2D eigenvalue weighted by molar-refractivity contribution is 6.56. The molecule has 11 heavy (non-hydrogen) atoms. The summed E-state index contributed by atoms with van der Waals surface area (Å²) in [4.78, 5) is 0. The minimum atomic E-state index is -2.67. The molecular formula is C6H17NO3Si. The van der Waals surface area contributed by atoms with E-state index in [1.807, 2.05) is 0 Å². The van der Waals surface area contributed by atoms with Gasteiger partial charge >= 0.3 is 8.97 Å². The molecule has 0 saturated heterocycles. The van der Waals surface area contributed by atoms with E-state index in [0.717, 1.165) is 0 Å². The van der Waals surface area contributed by atoms with Crippen molar-refractivity contribution in [3.63, 3.8) is 0 Å². The standard InChI is InChI=1S/C3H11NO3Si.C3H6/c1-5-8(4,6-2)7-3;1-2-3-1/h4H2,1-3H3;1-3H2. The minimum Gasteiger partial charge on any atom is -0.365 e. The number of rotatable bonds is 3. The van der Waals surface area contributed by atoms with Crippen LogP contribution in [0.5, 0.6) is 0 Å². The van der Waals surface area contributed by atoms with Crippen LogP contribution < -0.4 is 5.40 Å². The van der Waals surface area contributed by atoms with Crippen LogP contribution in [0.2, 0.25) is 0 Å². The maximum atomic E-state index is 5.37. The minimum absolute atomic E-state index is 1.46. The molecule has 0 atom stereocenters. The second-order valence-corrected chi connectivity index (χ2v) is 4.71. The Morgan fingerprint density at radius 2 is 1.18 bits per heavy atom. The summed E-state index contributed by atoms with van der Waals surface area (Å²) in [5.41, 5.74) is 0. The summed E-state index contributed by atoms with van der Waals surface area (Å²) in [6.07, 6.45) is 4.50. The molecule has 0 spiro atoms. The molecule has 68 valence electrons. The quantitative estimate of drug-likeness (QED) is 0.641. The van der Waals surface area contributed by atoms with Crippen LogP contribution in [0.3, 0.4) is 0 Å². The van der Waals surface area contributed by atoms with Gasteiger partial charge in [0.05, 0.1) is 0 Å². The SMILES string of the molecule is C1CC1.CO[Si](N)(OC)OC. The fourth-order valence-corrected chi connectivity index (χ4v) is 0.750. The summed E-state index contributed by atoms with van der Waals surface area (Å²) >= 11 is 0. The lowest BCUT2D eigenvalue weighted by atomic mass is 11.0. The van der Waals surface area contributed by atoms with Gasteiger partial charge in [-0.15, -0.1) is 0 Å². The van der Waals surface area contributed by atoms with Gasteiger partial charge in [0.2, 0.25) is 0 Å². The molecule has 1 rings (SSSR count). The molecule has 0 aliphatic heterocycles. The molecule has 0 aromatic carbocycles. The van der Waals surface area contributed by atoms with Crippen molar-refractivity contribution in [1.29, 1.82) is 0 Å². The second-order valence-electron chi connectivity index (χ2n) is 2.28. The van der Waals surface area contributed by atoms with Crippen molar-refractivity contribution >= 4 is 8.97 Å². The van der Waals surface area contributed by atoms with E-state index in [9.17, 15) is 0 Å². The predicted molar refractivity (Wildman–Crippen MR) is 44.8 cm³/mol. The van der Waals surface area contributed by atoms with Crippen molar-refractivity contribution in [2.45, 2.75) is 19.3 Å². The average Bonchev–Trinajstić information content (AvgIpc) is 2.89. The van der Waals surface area contributed by atoms with Crippen LogP contribution in [0.1, 0.15) is 19.3 Å². The zero-order chi connectivity index (χ0) is 8.74. The van der Waals surface area contributed by atoms with E-state index in [1.54, 1.807) is 0 Å². The van der Waals surface area contributed by atoms with Gasteiger partial charge < -0.3 is 13.3 Å². The lowest BCUT2D eigenvalue weighted by Gasteiger charge is -2.17. The van der Waals surface area contributed by atoms with Gasteiger partial charge in [-0.1, -0.05) is 19.3 Å². The zero-order valence-electron chi connectivity index (χ0n) is 7.42. The van der Waals surface area contributed by atoms with Crippen molar-refractivity contribution in [1.82, 2.24) is 0 Å². The molecule has 0 bridgehead atoms. The molecule has 0 aromatic heterocycles. The van der Waals surface area contributed by atoms with Crippen LogP contribution in [-0.4, -0.2) is 30.3 Å². The molecule has 1 aliphatic carbocycles. The van der Waals surface area contributed by atoms with Gasteiger partial charge in [-0.05, 0) is 0 Å². The number of nitrogens with two attached hydrogens (primary N) is 1. The molecule has 2 N–H and O–H groups in total. The maximum Gasteiger partial charge on any atom is 0.593 e. The van der Waals surface area contributed by atoms with E-state index in [-0.39, 0.29) is 0 Å². The van der Waals surface area contributed by atoms with Crippen molar-refractivity contribution < 1.29 is 13.3 Å². The maximum absolute atomic E-state index is 5.37. The molecule has 0 unspecified atom stereocenters. The van der Waals surface area contributed by atoms with Gasteiger partial charge in [0.15, 0.2) is 0 Å². The van der Waals surface area contributed by atoms with Gasteiger partial charge in [0.25, 0.3) is 0 Å². The first kappa shape index (κ1) is 11.1. The zero-order valence-corrected chi connectivity index (χ0v) is 8.42. The summed E-state index contributed by atoms with van der Waals surface area (Å²) in [6.45, 7) is 0. The third-order valence-electron chi connectivity index (χ3n) is 1.21. The van der Waals surface area contributed by atoms with Crippen LogP contribution in [0.4, 0.5) is 0 Å². The van der Waals surface area contributed by atoms with Crippen molar-refractivity contribution in [3.8, 4) is 0 Å². The van der Waals surface area contributed by atoms with Gasteiger partial charge in [0, 0.05) is 21.3 Å². The Labute approximate surface area is 69.1 Å². The van der Waals surface area contributed by atoms with Crippen LogP contribution in [0, 0.1) is 0 Å². The summed E-state index contributed by atoms with van der Waals surface area (Å²) in [7, 11) is 1.70. The third-order valence-corrected chi connectivity index (χ3v) is 2.91. The lowest BCUT2D eigenvalue weighted by Crippen LogP contribution is -2.52. The van der Waals surface area contributed by atoms with Gasteiger partial charge in [-0.2, -0.15) is 0 Å². The first-order valence-electron chi connectivity index (χ1n) is 3.63. The summed E-state index contributed by atoms with van der Waals surface area (Å²) in [5.74, 6) is 0. The molecule has 0 radical (unpaired) electrons. The molecule has 4 nitrogen and oxygen atoms in total. The smallest absolute Gasteiger partial charge is 0.365 e. The van der Waals surface area contributed by atoms with Gasteiger partial charge in [0.1, 0.15) is 0 Å². The third kappa shape index (κ3) is 6.45. The summed E-state index contributed by atoms with van der Waals surface area (Å²) in [6, 6.07) is 0. The molecule has 1 saturated carbocycles. The van der Waals surface area contributed by atoms with Crippen LogP contribution in [0.25, 0.3) is 0 Å². The van der Waals surface area contributed by atoms with E-state index in [4.69, 9.17) is 18.7 Å². The van der Waals surface area contributed by atoms with E-state index >= 15 is 0 Å². The number of hydrogen-bond acceptors (Lipinski definition) is 4. The van der Waals surface area contributed by atoms with E-state index in [0.29, 0.717) is 0 Å². The summed E-state index contributed by atoms with van der Waals surface area (Å²) in [5, 5.41) is 5.37. The molecule has 0 amide bonds. The Kier molecular flexibility index (Phi) is 5.70. The average molecular weight is 179 g/mol. The Morgan fingerprint density at radius 3 is 1.18 bits per heavy atom. The van der Waals surface area contributed by atoms with Crippen molar-refractivity contribution in [2.75, 3.05) is 21.3 Å². The fraction of sp³-hybridized carbons (Fsp3) is 1.00. The second kappa shape index (κ2) is 5.67. The highest BCUT2D eigenvalue weighted by atomic mass is 28.4. The highest BCUT2D eigenvalue weighted by Gasteiger charge is 2.32. The normalized spacial score (nSPS) is 15.3. The fourth-order valence-electron chi connectivity index (χ4n) is 0.250. The Bertz CT molecular complexity index is 84.8. The molecule has 1 aliphatic rings. The molecule has 0 heterocycles. The summed E-state index contributed by atoms with van der Waals surface area (Å²) < 4.78 is 14.1. The largest absolute Gasteiger partial charge is 0.593 e. The van der Waals surface area contributed by atoms with Crippen molar-refractivity contribution in [2.24, 2.45) is 5.40 Å². The van der Waals surface area contributed by atoms with Gasteiger partial charge in [-0.3, -0.25) is 5.40 Å². The molecule has 1 fully saturated rings. The predicted octanol–water partition coefficient (Wildman–Crippen LogP) is 0.490. The monoisotopic (exact) mass is 179 g/mol. The van der Waals surface area contributed by atoms with E-state index in [2.05, 4.69) is 0 Å². The van der Waals surface area contributed by atoms with Crippen LogP contribution in [0.15, 0.2) is 0 Å². The van der Waals surface area contributed by atoms with Crippen LogP contribution in [-0.2, 0) is 13.3 Å². The highest BCUT2D eigenvalue weighted by Crippen LogP contribution is 2.14. The Morgan fingerprint density at radius 1 is 0.909 bits per heavy atom.